The van der Waals surface area contributed by atoms with Crippen LogP contribution in [0.4, 0.5) is 0 Å². The van der Waals surface area contributed by atoms with Crippen molar-refractivity contribution in [3.8, 4) is 0 Å². The molecule has 0 fully saturated rings. The van der Waals surface area contributed by atoms with E-state index in [4.69, 9.17) is 4.42 Å². The Morgan fingerprint density at radius 1 is 1.53 bits per heavy atom. The van der Waals surface area contributed by atoms with E-state index in [1.54, 1.807) is 12.5 Å². The molecule has 0 atom stereocenters. The molecule has 1 aromatic rings. The van der Waals surface area contributed by atoms with Crippen LogP contribution in [0.3, 0.4) is 0 Å². The zero-order chi connectivity index (χ0) is 11.1. The number of allylic oxidation sites excluding steroid dienone is 1. The van der Waals surface area contributed by atoms with Crippen LogP contribution in [0.15, 0.2) is 29.1 Å². The average Bonchev–Trinajstić information content (AvgIpc) is 2.69. The first-order chi connectivity index (χ1) is 7.20. The highest BCUT2D eigenvalue weighted by molar-refractivity contribution is 5.62. The molecule has 0 amide bonds. The highest BCUT2D eigenvalue weighted by atomic mass is 16.3. The fourth-order valence-electron chi connectivity index (χ4n) is 1.39. The van der Waals surface area contributed by atoms with Crippen LogP contribution in [0, 0.1) is 5.92 Å². The number of hydrogen-bond donors (Lipinski definition) is 1. The van der Waals surface area contributed by atoms with E-state index in [9.17, 15) is 0 Å². The molecule has 0 unspecified atom stereocenters. The van der Waals surface area contributed by atoms with Gasteiger partial charge >= 0.3 is 0 Å². The van der Waals surface area contributed by atoms with Crippen molar-refractivity contribution in [2.24, 2.45) is 5.92 Å². The van der Waals surface area contributed by atoms with Gasteiger partial charge in [-0.05, 0) is 44.0 Å². The summed E-state index contributed by atoms with van der Waals surface area (Å²) in [6.45, 7) is 8.71. The second-order valence-corrected chi connectivity index (χ2v) is 4.29. The Hall–Kier alpha value is -1.02. The molecule has 0 aliphatic rings. The summed E-state index contributed by atoms with van der Waals surface area (Å²) in [4.78, 5) is 0. The van der Waals surface area contributed by atoms with Gasteiger partial charge in [-0.15, -0.1) is 0 Å². The molecule has 0 aliphatic heterocycles. The maximum atomic E-state index is 5.04. The summed E-state index contributed by atoms with van der Waals surface area (Å²) in [5.41, 5.74) is 2.47. The molecule has 0 aromatic carbocycles. The molecule has 0 saturated heterocycles. The van der Waals surface area contributed by atoms with Crippen molar-refractivity contribution in [3.63, 3.8) is 0 Å². The highest BCUT2D eigenvalue weighted by Crippen LogP contribution is 2.13. The van der Waals surface area contributed by atoms with Crippen LogP contribution in [0.5, 0.6) is 0 Å². The van der Waals surface area contributed by atoms with Crippen molar-refractivity contribution in [1.29, 1.82) is 0 Å². The smallest absolute Gasteiger partial charge is 0.0977 e. The lowest BCUT2D eigenvalue weighted by atomic mass is 10.1. The molecule has 1 aromatic heterocycles. The van der Waals surface area contributed by atoms with Gasteiger partial charge in [-0.1, -0.05) is 19.9 Å². The first-order valence-corrected chi connectivity index (χ1v) is 5.60. The van der Waals surface area contributed by atoms with Crippen LogP contribution in [0.25, 0.3) is 5.57 Å². The van der Waals surface area contributed by atoms with Crippen molar-refractivity contribution in [2.75, 3.05) is 13.1 Å². The van der Waals surface area contributed by atoms with E-state index in [1.807, 2.05) is 6.07 Å². The van der Waals surface area contributed by atoms with Crippen molar-refractivity contribution in [1.82, 2.24) is 5.32 Å². The second kappa shape index (κ2) is 6.46. The SMILES string of the molecule is CC(=CCCNCC(C)C)c1ccoc1. The maximum absolute atomic E-state index is 5.04. The summed E-state index contributed by atoms with van der Waals surface area (Å²) in [6.07, 6.45) is 6.82. The Kier molecular flexibility index (Phi) is 5.19. The lowest BCUT2D eigenvalue weighted by molar-refractivity contribution is 0.557. The minimum Gasteiger partial charge on any atom is -0.472 e. The lowest BCUT2D eigenvalue weighted by Gasteiger charge is -2.05. The Bertz CT molecular complexity index is 285. The molecule has 2 nitrogen and oxygen atoms in total. The number of hydrogen-bond acceptors (Lipinski definition) is 2. The molecule has 0 radical (unpaired) electrons. The standard InChI is InChI=1S/C13H21NO/c1-11(2)9-14-7-4-5-12(3)13-6-8-15-10-13/h5-6,8,10-11,14H,4,7,9H2,1-3H3. The summed E-state index contributed by atoms with van der Waals surface area (Å²) < 4.78 is 5.04. The molecule has 2 heteroatoms. The third kappa shape index (κ3) is 4.84. The number of furan rings is 1. The van der Waals surface area contributed by atoms with E-state index in [0.29, 0.717) is 0 Å². The summed E-state index contributed by atoms with van der Waals surface area (Å²) in [5, 5.41) is 3.42. The van der Waals surface area contributed by atoms with E-state index in [1.165, 1.54) is 11.1 Å². The highest BCUT2D eigenvalue weighted by Gasteiger charge is 1.96. The Morgan fingerprint density at radius 2 is 2.33 bits per heavy atom. The van der Waals surface area contributed by atoms with E-state index >= 15 is 0 Å². The molecule has 0 spiro atoms. The van der Waals surface area contributed by atoms with Gasteiger partial charge < -0.3 is 9.73 Å². The van der Waals surface area contributed by atoms with Gasteiger partial charge in [0.25, 0.3) is 0 Å². The fourth-order valence-corrected chi connectivity index (χ4v) is 1.39. The largest absolute Gasteiger partial charge is 0.472 e. The van der Waals surface area contributed by atoms with Gasteiger partial charge in [0.05, 0.1) is 12.5 Å². The van der Waals surface area contributed by atoms with E-state index in [-0.39, 0.29) is 0 Å². The predicted molar refractivity (Wildman–Crippen MR) is 64.7 cm³/mol. The molecule has 1 rings (SSSR count). The van der Waals surface area contributed by atoms with Gasteiger partial charge in [0.15, 0.2) is 0 Å². The molecule has 0 saturated carbocycles. The van der Waals surface area contributed by atoms with Crippen molar-refractivity contribution in [3.05, 3.63) is 30.2 Å². The lowest BCUT2D eigenvalue weighted by Crippen LogP contribution is -2.20. The Balaban J connectivity index is 2.21. The van der Waals surface area contributed by atoms with Crippen LogP contribution < -0.4 is 5.32 Å². The van der Waals surface area contributed by atoms with Gasteiger partial charge in [0.2, 0.25) is 0 Å². The molecular weight excluding hydrogens is 186 g/mol. The van der Waals surface area contributed by atoms with Crippen LogP contribution in [0.2, 0.25) is 0 Å². The van der Waals surface area contributed by atoms with Gasteiger partial charge in [-0.3, -0.25) is 0 Å². The topological polar surface area (TPSA) is 25.2 Å². The predicted octanol–water partition coefficient (Wildman–Crippen LogP) is 3.32. The Morgan fingerprint density at radius 3 is 2.93 bits per heavy atom. The fraction of sp³-hybridized carbons (Fsp3) is 0.538. The van der Waals surface area contributed by atoms with Gasteiger partial charge in [-0.2, -0.15) is 0 Å². The minimum absolute atomic E-state index is 0.726. The summed E-state index contributed by atoms with van der Waals surface area (Å²) in [6, 6.07) is 1.99. The van der Waals surface area contributed by atoms with Crippen molar-refractivity contribution in [2.45, 2.75) is 27.2 Å². The van der Waals surface area contributed by atoms with E-state index in [0.717, 1.165) is 25.4 Å². The van der Waals surface area contributed by atoms with Crippen molar-refractivity contribution < 1.29 is 4.42 Å². The van der Waals surface area contributed by atoms with E-state index < -0.39 is 0 Å². The molecule has 1 N–H and O–H groups in total. The molecule has 1 heterocycles. The molecule has 0 bridgehead atoms. The normalized spacial score (nSPS) is 12.4. The maximum Gasteiger partial charge on any atom is 0.0977 e. The number of rotatable bonds is 6. The Labute approximate surface area is 92.4 Å². The van der Waals surface area contributed by atoms with Crippen LogP contribution in [-0.2, 0) is 0 Å². The molecule has 0 aliphatic carbocycles. The quantitative estimate of drug-likeness (QED) is 0.724. The third-order valence-corrected chi connectivity index (χ3v) is 2.30. The monoisotopic (exact) mass is 207 g/mol. The van der Waals surface area contributed by atoms with Gasteiger partial charge in [-0.25, -0.2) is 0 Å². The third-order valence-electron chi connectivity index (χ3n) is 2.30. The van der Waals surface area contributed by atoms with Gasteiger partial charge in [0.1, 0.15) is 0 Å². The van der Waals surface area contributed by atoms with Crippen molar-refractivity contribution >= 4 is 5.57 Å². The summed E-state index contributed by atoms with van der Waals surface area (Å²) >= 11 is 0. The molecule has 84 valence electrons. The van der Waals surface area contributed by atoms with Crippen LogP contribution in [0.1, 0.15) is 32.8 Å². The average molecular weight is 207 g/mol. The van der Waals surface area contributed by atoms with Crippen LogP contribution >= 0.6 is 0 Å². The molecule has 15 heavy (non-hydrogen) atoms. The minimum atomic E-state index is 0.726. The number of nitrogens with one attached hydrogen (secondary N) is 1. The molecular formula is C13H21NO. The zero-order valence-corrected chi connectivity index (χ0v) is 9.92. The first-order valence-electron chi connectivity index (χ1n) is 5.60. The summed E-state index contributed by atoms with van der Waals surface area (Å²) in [7, 11) is 0. The van der Waals surface area contributed by atoms with Crippen LogP contribution in [-0.4, -0.2) is 13.1 Å². The first kappa shape index (κ1) is 12.1. The van der Waals surface area contributed by atoms with Gasteiger partial charge in [0, 0.05) is 5.56 Å². The second-order valence-electron chi connectivity index (χ2n) is 4.29. The zero-order valence-electron chi connectivity index (χ0n) is 9.92. The summed E-state index contributed by atoms with van der Waals surface area (Å²) in [5.74, 6) is 0.726. The van der Waals surface area contributed by atoms with E-state index in [2.05, 4.69) is 32.2 Å².